The van der Waals surface area contributed by atoms with Crippen molar-refractivity contribution in [1.82, 2.24) is 5.32 Å². The highest BCUT2D eigenvalue weighted by molar-refractivity contribution is 5.88. The maximum Gasteiger partial charge on any atom is 0.229 e. The lowest BCUT2D eigenvalue weighted by molar-refractivity contribution is -0.124. The highest BCUT2D eigenvalue weighted by Crippen LogP contribution is 2.31. The third-order valence-electron chi connectivity index (χ3n) is 3.70. The van der Waals surface area contributed by atoms with E-state index in [1.165, 1.54) is 0 Å². The van der Waals surface area contributed by atoms with Gasteiger partial charge in [-0.3, -0.25) is 4.79 Å². The van der Waals surface area contributed by atoms with Gasteiger partial charge in [-0.15, -0.1) is 0 Å². The summed E-state index contributed by atoms with van der Waals surface area (Å²) >= 11 is 0. The van der Waals surface area contributed by atoms with E-state index in [0.29, 0.717) is 13.0 Å². The molecule has 18 heavy (non-hydrogen) atoms. The molecular formula is C14H20N2O2. The first-order valence-corrected chi connectivity index (χ1v) is 6.35. The number of hydrogen-bond donors (Lipinski definition) is 3. The van der Waals surface area contributed by atoms with Crippen LogP contribution in [0.3, 0.4) is 0 Å². The average Bonchev–Trinajstić information content (AvgIpc) is 2.82. The molecule has 0 aromatic heterocycles. The van der Waals surface area contributed by atoms with Crippen LogP contribution in [0.2, 0.25) is 0 Å². The Balaban J connectivity index is 2.12. The lowest BCUT2D eigenvalue weighted by Crippen LogP contribution is -2.50. The highest BCUT2D eigenvalue weighted by atomic mass is 16.3. The third kappa shape index (κ3) is 2.34. The number of carbonyl (C=O) groups excluding carboxylic acids is 1. The van der Waals surface area contributed by atoms with Crippen LogP contribution >= 0.6 is 0 Å². The van der Waals surface area contributed by atoms with E-state index in [1.807, 2.05) is 38.1 Å². The number of anilines is 1. The van der Waals surface area contributed by atoms with Gasteiger partial charge in [0.25, 0.3) is 0 Å². The molecule has 2 rings (SSSR count). The van der Waals surface area contributed by atoms with Crippen molar-refractivity contribution < 1.29 is 9.90 Å². The number of para-hydroxylation sites is 1. The highest BCUT2D eigenvalue weighted by Gasteiger charge is 2.32. The fourth-order valence-electron chi connectivity index (χ4n) is 2.14. The van der Waals surface area contributed by atoms with E-state index in [4.69, 9.17) is 0 Å². The van der Waals surface area contributed by atoms with Crippen LogP contribution in [-0.2, 0) is 4.79 Å². The third-order valence-corrected chi connectivity index (χ3v) is 3.70. The van der Waals surface area contributed by atoms with Gasteiger partial charge in [-0.2, -0.15) is 0 Å². The minimum Gasteiger partial charge on any atom is -0.394 e. The number of aliphatic hydroxyl groups excluding tert-OH is 1. The summed E-state index contributed by atoms with van der Waals surface area (Å²) < 4.78 is 0. The van der Waals surface area contributed by atoms with Gasteiger partial charge in [-0.1, -0.05) is 25.1 Å². The van der Waals surface area contributed by atoms with Gasteiger partial charge >= 0.3 is 0 Å². The van der Waals surface area contributed by atoms with Crippen LogP contribution in [0, 0.1) is 0 Å². The zero-order valence-electron chi connectivity index (χ0n) is 10.9. The molecule has 0 bridgehead atoms. The molecule has 2 atom stereocenters. The lowest BCUT2D eigenvalue weighted by Gasteiger charge is -2.28. The van der Waals surface area contributed by atoms with Crippen molar-refractivity contribution in [2.24, 2.45) is 0 Å². The predicted octanol–water partition coefficient (Wildman–Crippen LogP) is 1.47. The van der Waals surface area contributed by atoms with Gasteiger partial charge in [0.2, 0.25) is 5.91 Å². The summed E-state index contributed by atoms with van der Waals surface area (Å²) in [6.45, 7) is 4.39. The topological polar surface area (TPSA) is 61.4 Å². The summed E-state index contributed by atoms with van der Waals surface area (Å²) in [7, 11) is 0. The van der Waals surface area contributed by atoms with E-state index >= 15 is 0 Å². The molecule has 0 saturated heterocycles. The van der Waals surface area contributed by atoms with Crippen molar-refractivity contribution in [3.8, 4) is 0 Å². The SMILES string of the molecule is CCC(C)(CO)NC(=O)C1CNc2ccccc21. The molecule has 1 heterocycles. The van der Waals surface area contributed by atoms with Gasteiger partial charge in [0.05, 0.1) is 18.1 Å². The van der Waals surface area contributed by atoms with E-state index in [9.17, 15) is 9.90 Å². The number of nitrogens with one attached hydrogen (secondary N) is 2. The number of aliphatic hydroxyl groups is 1. The zero-order chi connectivity index (χ0) is 13.2. The summed E-state index contributed by atoms with van der Waals surface area (Å²) in [4.78, 5) is 12.3. The Morgan fingerprint density at radius 1 is 1.56 bits per heavy atom. The largest absolute Gasteiger partial charge is 0.394 e. The van der Waals surface area contributed by atoms with Gasteiger partial charge in [0, 0.05) is 12.2 Å². The smallest absolute Gasteiger partial charge is 0.229 e. The molecule has 2 unspecified atom stereocenters. The molecule has 1 amide bonds. The standard InChI is InChI=1S/C14H20N2O2/c1-3-14(2,9-17)16-13(18)11-8-15-12-7-5-4-6-10(11)12/h4-7,11,15,17H,3,8-9H2,1-2H3,(H,16,18). The summed E-state index contributed by atoms with van der Waals surface area (Å²) in [5, 5.41) is 15.5. The van der Waals surface area contributed by atoms with Crippen molar-refractivity contribution in [2.45, 2.75) is 31.7 Å². The molecule has 0 fully saturated rings. The monoisotopic (exact) mass is 248 g/mol. The van der Waals surface area contributed by atoms with Crippen molar-refractivity contribution >= 4 is 11.6 Å². The number of carbonyl (C=O) groups is 1. The van der Waals surface area contributed by atoms with Crippen molar-refractivity contribution in [1.29, 1.82) is 0 Å². The molecule has 0 radical (unpaired) electrons. The number of rotatable bonds is 4. The normalized spacial score (nSPS) is 20.7. The fraction of sp³-hybridized carbons (Fsp3) is 0.500. The second-order valence-electron chi connectivity index (χ2n) is 5.08. The molecule has 3 N–H and O–H groups in total. The molecule has 1 aromatic carbocycles. The summed E-state index contributed by atoms with van der Waals surface area (Å²) in [6, 6.07) is 7.85. The van der Waals surface area contributed by atoms with Gasteiger partial charge in [-0.25, -0.2) is 0 Å². The molecule has 0 saturated carbocycles. The van der Waals surface area contributed by atoms with Crippen LogP contribution in [0.1, 0.15) is 31.7 Å². The van der Waals surface area contributed by atoms with E-state index in [0.717, 1.165) is 11.3 Å². The van der Waals surface area contributed by atoms with E-state index in [1.54, 1.807) is 0 Å². The second-order valence-corrected chi connectivity index (χ2v) is 5.08. The van der Waals surface area contributed by atoms with Crippen LogP contribution in [0.5, 0.6) is 0 Å². The quantitative estimate of drug-likeness (QED) is 0.756. The van der Waals surface area contributed by atoms with Gasteiger partial charge in [-0.05, 0) is 25.0 Å². The minimum absolute atomic E-state index is 0.0224. The maximum atomic E-state index is 12.3. The summed E-state index contributed by atoms with van der Waals surface area (Å²) in [5.41, 5.74) is 1.53. The summed E-state index contributed by atoms with van der Waals surface area (Å²) in [6.07, 6.45) is 0.705. The first-order chi connectivity index (χ1) is 8.59. The summed E-state index contributed by atoms with van der Waals surface area (Å²) in [5.74, 6) is -0.190. The number of benzene rings is 1. The Morgan fingerprint density at radius 3 is 2.94 bits per heavy atom. The maximum absolute atomic E-state index is 12.3. The van der Waals surface area contributed by atoms with Gasteiger partial charge in [0.15, 0.2) is 0 Å². The Morgan fingerprint density at radius 2 is 2.28 bits per heavy atom. The molecule has 1 aromatic rings. The minimum atomic E-state index is -0.533. The van der Waals surface area contributed by atoms with E-state index < -0.39 is 5.54 Å². The van der Waals surface area contributed by atoms with Crippen molar-refractivity contribution in [3.05, 3.63) is 29.8 Å². The number of hydrogen-bond acceptors (Lipinski definition) is 3. The Kier molecular flexibility index (Phi) is 3.57. The Bertz CT molecular complexity index is 441. The molecule has 0 aliphatic carbocycles. The first kappa shape index (κ1) is 12.9. The van der Waals surface area contributed by atoms with Crippen LogP contribution in [0.15, 0.2) is 24.3 Å². The number of amides is 1. The van der Waals surface area contributed by atoms with Crippen LogP contribution in [-0.4, -0.2) is 29.7 Å². The molecule has 1 aliphatic heterocycles. The Labute approximate surface area is 107 Å². The predicted molar refractivity (Wildman–Crippen MR) is 71.6 cm³/mol. The van der Waals surface area contributed by atoms with Gasteiger partial charge < -0.3 is 15.7 Å². The second kappa shape index (κ2) is 4.98. The zero-order valence-corrected chi connectivity index (χ0v) is 10.9. The van der Waals surface area contributed by atoms with Gasteiger partial charge in [0.1, 0.15) is 0 Å². The molecule has 4 heteroatoms. The van der Waals surface area contributed by atoms with Crippen LogP contribution < -0.4 is 10.6 Å². The van der Waals surface area contributed by atoms with Crippen molar-refractivity contribution in [2.75, 3.05) is 18.5 Å². The lowest BCUT2D eigenvalue weighted by atomic mass is 9.96. The van der Waals surface area contributed by atoms with Crippen LogP contribution in [0.4, 0.5) is 5.69 Å². The first-order valence-electron chi connectivity index (χ1n) is 6.35. The molecule has 98 valence electrons. The average molecular weight is 248 g/mol. The van der Waals surface area contributed by atoms with E-state index in [-0.39, 0.29) is 18.4 Å². The fourth-order valence-corrected chi connectivity index (χ4v) is 2.14. The molecule has 0 spiro atoms. The van der Waals surface area contributed by atoms with E-state index in [2.05, 4.69) is 10.6 Å². The number of fused-ring (bicyclic) bond motifs is 1. The molecule has 4 nitrogen and oxygen atoms in total. The Hall–Kier alpha value is -1.55. The molecular weight excluding hydrogens is 228 g/mol. The van der Waals surface area contributed by atoms with Crippen LogP contribution in [0.25, 0.3) is 0 Å². The molecule has 1 aliphatic rings. The van der Waals surface area contributed by atoms with Crippen molar-refractivity contribution in [3.63, 3.8) is 0 Å².